The Labute approximate surface area is 104 Å². The van der Waals surface area contributed by atoms with Gasteiger partial charge < -0.3 is 9.47 Å². The van der Waals surface area contributed by atoms with Crippen molar-refractivity contribution in [2.75, 3.05) is 0 Å². The molecule has 4 aliphatic rings. The Morgan fingerprint density at radius 1 is 1.06 bits per heavy atom. The van der Waals surface area contributed by atoms with Gasteiger partial charge in [0.05, 0.1) is 12.2 Å². The van der Waals surface area contributed by atoms with Crippen molar-refractivity contribution in [3.8, 4) is 0 Å². The number of fused-ring (bicyclic) bond motifs is 3. The molecule has 0 aromatic heterocycles. The van der Waals surface area contributed by atoms with Crippen LogP contribution < -0.4 is 0 Å². The Hall–Kier alpha value is -0.0800. The van der Waals surface area contributed by atoms with Crippen molar-refractivity contribution in [3.63, 3.8) is 0 Å². The van der Waals surface area contributed by atoms with Gasteiger partial charge in [0, 0.05) is 0 Å². The van der Waals surface area contributed by atoms with E-state index in [1.807, 2.05) is 0 Å². The van der Waals surface area contributed by atoms with Gasteiger partial charge in [-0.05, 0) is 42.9 Å². The summed E-state index contributed by atoms with van der Waals surface area (Å²) in [4.78, 5) is 0. The summed E-state index contributed by atoms with van der Waals surface area (Å²) in [6, 6.07) is 0. The standard InChI is InChI=1S/C15H24O2/c1-13(2)6-5-7-14(13,3)9-8-10-15(4,17-10)12-11(9)16-12/h9-12H,5-8H2,1-4H3/t9-,10-,11-,12-,14-,15-/m0/s1. The predicted octanol–water partition coefficient (Wildman–Crippen LogP) is 3.15. The maximum absolute atomic E-state index is 5.99. The number of ether oxygens (including phenoxy) is 2. The third kappa shape index (κ3) is 1.14. The average molecular weight is 236 g/mol. The summed E-state index contributed by atoms with van der Waals surface area (Å²) >= 11 is 0. The van der Waals surface area contributed by atoms with E-state index in [-0.39, 0.29) is 5.60 Å². The van der Waals surface area contributed by atoms with E-state index < -0.39 is 0 Å². The van der Waals surface area contributed by atoms with E-state index in [1.165, 1.54) is 25.7 Å². The number of rotatable bonds is 1. The second kappa shape index (κ2) is 2.75. The highest BCUT2D eigenvalue weighted by Crippen LogP contribution is 2.67. The monoisotopic (exact) mass is 236 g/mol. The van der Waals surface area contributed by atoms with E-state index in [1.54, 1.807) is 0 Å². The van der Waals surface area contributed by atoms with Crippen molar-refractivity contribution in [1.29, 1.82) is 0 Å². The van der Waals surface area contributed by atoms with Crippen LogP contribution in [0.5, 0.6) is 0 Å². The zero-order chi connectivity index (χ0) is 12.1. The van der Waals surface area contributed by atoms with Gasteiger partial charge in [-0.15, -0.1) is 0 Å². The fraction of sp³-hybridized carbons (Fsp3) is 1.00. The van der Waals surface area contributed by atoms with Gasteiger partial charge in [-0.1, -0.05) is 27.2 Å². The summed E-state index contributed by atoms with van der Waals surface area (Å²) in [6.07, 6.45) is 6.78. The van der Waals surface area contributed by atoms with Crippen LogP contribution in [0.3, 0.4) is 0 Å². The van der Waals surface area contributed by atoms with E-state index in [0.717, 1.165) is 5.92 Å². The highest BCUT2D eigenvalue weighted by atomic mass is 16.7. The predicted molar refractivity (Wildman–Crippen MR) is 65.8 cm³/mol. The molecule has 2 aliphatic carbocycles. The Balaban J connectivity index is 1.64. The van der Waals surface area contributed by atoms with Crippen LogP contribution in [0.4, 0.5) is 0 Å². The minimum Gasteiger partial charge on any atom is -0.366 e. The SMILES string of the molecule is CC1(C)CCC[C@@]1(C)[C@H]1C[C@@H]2O[C@]2(C)[C@H]2O[C@H]21. The molecule has 2 heterocycles. The summed E-state index contributed by atoms with van der Waals surface area (Å²) in [5.41, 5.74) is 1.02. The van der Waals surface area contributed by atoms with E-state index in [0.29, 0.717) is 29.1 Å². The zero-order valence-corrected chi connectivity index (χ0v) is 11.5. The number of epoxide rings is 2. The van der Waals surface area contributed by atoms with Gasteiger partial charge in [0.1, 0.15) is 11.7 Å². The van der Waals surface area contributed by atoms with Crippen molar-refractivity contribution >= 4 is 0 Å². The van der Waals surface area contributed by atoms with Crippen LogP contribution in [0, 0.1) is 16.7 Å². The first-order valence-electron chi connectivity index (χ1n) is 7.22. The molecule has 4 rings (SSSR count). The lowest BCUT2D eigenvalue weighted by Gasteiger charge is -2.45. The van der Waals surface area contributed by atoms with Gasteiger partial charge in [0.15, 0.2) is 0 Å². The summed E-state index contributed by atoms with van der Waals surface area (Å²) in [5.74, 6) is 0.727. The van der Waals surface area contributed by atoms with Gasteiger partial charge >= 0.3 is 0 Å². The normalized spacial score (nSPS) is 62.8. The molecule has 0 N–H and O–H groups in total. The van der Waals surface area contributed by atoms with Crippen molar-refractivity contribution < 1.29 is 9.47 Å². The van der Waals surface area contributed by atoms with Gasteiger partial charge in [-0.2, -0.15) is 0 Å². The van der Waals surface area contributed by atoms with Crippen LogP contribution in [-0.2, 0) is 9.47 Å². The van der Waals surface area contributed by atoms with Crippen molar-refractivity contribution in [2.24, 2.45) is 16.7 Å². The quantitative estimate of drug-likeness (QED) is 0.653. The molecule has 0 amide bonds. The zero-order valence-electron chi connectivity index (χ0n) is 11.5. The number of hydrogen-bond donors (Lipinski definition) is 0. The lowest BCUT2D eigenvalue weighted by Crippen LogP contribution is -2.44. The van der Waals surface area contributed by atoms with Gasteiger partial charge in [0.2, 0.25) is 0 Å². The second-order valence-electron chi connectivity index (χ2n) is 7.81. The minimum atomic E-state index is 0.0975. The molecular weight excluding hydrogens is 212 g/mol. The first-order chi connectivity index (χ1) is 7.88. The molecule has 0 aromatic carbocycles. The fourth-order valence-corrected chi connectivity index (χ4v) is 4.89. The van der Waals surface area contributed by atoms with Gasteiger partial charge in [-0.25, -0.2) is 0 Å². The first-order valence-corrected chi connectivity index (χ1v) is 7.22. The average Bonchev–Trinajstić information content (AvgIpc) is 3.06. The molecule has 2 saturated heterocycles. The molecule has 0 spiro atoms. The summed E-state index contributed by atoms with van der Waals surface area (Å²) in [5, 5.41) is 0. The van der Waals surface area contributed by atoms with Crippen LogP contribution in [0.2, 0.25) is 0 Å². The van der Waals surface area contributed by atoms with Crippen LogP contribution in [0.25, 0.3) is 0 Å². The summed E-state index contributed by atoms with van der Waals surface area (Å²) in [7, 11) is 0. The summed E-state index contributed by atoms with van der Waals surface area (Å²) in [6.45, 7) is 9.66. The minimum absolute atomic E-state index is 0.0975. The molecule has 2 aliphatic heterocycles. The molecule has 2 saturated carbocycles. The topological polar surface area (TPSA) is 25.1 Å². The van der Waals surface area contributed by atoms with E-state index >= 15 is 0 Å². The van der Waals surface area contributed by atoms with Crippen molar-refractivity contribution in [3.05, 3.63) is 0 Å². The number of hydrogen-bond acceptors (Lipinski definition) is 2. The Morgan fingerprint density at radius 2 is 1.82 bits per heavy atom. The maximum Gasteiger partial charge on any atom is 0.121 e. The van der Waals surface area contributed by atoms with E-state index in [9.17, 15) is 0 Å². The Bertz CT molecular complexity index is 377. The molecule has 2 heteroatoms. The second-order valence-corrected chi connectivity index (χ2v) is 7.81. The molecule has 4 fully saturated rings. The Kier molecular flexibility index (Phi) is 1.75. The van der Waals surface area contributed by atoms with Crippen LogP contribution in [0.1, 0.15) is 53.4 Å². The highest BCUT2D eigenvalue weighted by molar-refractivity contribution is 5.22. The molecule has 0 bridgehead atoms. The van der Waals surface area contributed by atoms with Crippen molar-refractivity contribution in [1.82, 2.24) is 0 Å². The first kappa shape index (κ1) is 10.8. The van der Waals surface area contributed by atoms with Gasteiger partial charge in [-0.3, -0.25) is 0 Å². The maximum atomic E-state index is 5.99. The molecule has 96 valence electrons. The van der Waals surface area contributed by atoms with Crippen LogP contribution in [0.15, 0.2) is 0 Å². The molecule has 6 atom stereocenters. The fourth-order valence-electron chi connectivity index (χ4n) is 4.89. The van der Waals surface area contributed by atoms with Crippen molar-refractivity contribution in [2.45, 2.75) is 77.3 Å². The lowest BCUT2D eigenvalue weighted by molar-refractivity contribution is 0.0271. The van der Waals surface area contributed by atoms with Crippen LogP contribution >= 0.6 is 0 Å². The van der Waals surface area contributed by atoms with E-state index in [4.69, 9.17) is 9.47 Å². The van der Waals surface area contributed by atoms with E-state index in [2.05, 4.69) is 27.7 Å². The van der Waals surface area contributed by atoms with Gasteiger partial charge in [0.25, 0.3) is 0 Å². The molecule has 2 nitrogen and oxygen atoms in total. The highest BCUT2D eigenvalue weighted by Gasteiger charge is 2.75. The molecule has 0 radical (unpaired) electrons. The molecular formula is C15H24O2. The summed E-state index contributed by atoms with van der Waals surface area (Å²) < 4.78 is 11.9. The molecule has 0 aromatic rings. The third-order valence-corrected chi connectivity index (χ3v) is 6.80. The largest absolute Gasteiger partial charge is 0.366 e. The molecule has 17 heavy (non-hydrogen) atoms. The molecule has 0 unspecified atom stereocenters. The smallest absolute Gasteiger partial charge is 0.121 e. The third-order valence-electron chi connectivity index (χ3n) is 6.80. The Morgan fingerprint density at radius 3 is 2.47 bits per heavy atom. The lowest BCUT2D eigenvalue weighted by atomic mass is 9.58. The van der Waals surface area contributed by atoms with Crippen LogP contribution in [-0.4, -0.2) is 23.9 Å².